The summed E-state index contributed by atoms with van der Waals surface area (Å²) in [5.41, 5.74) is 7.02. The molecular weight excluding hydrogens is 989 g/mol. The summed E-state index contributed by atoms with van der Waals surface area (Å²) >= 11 is 0. The summed E-state index contributed by atoms with van der Waals surface area (Å²) in [5, 5.41) is 0. The maximum absolute atomic E-state index is 7.32. The van der Waals surface area contributed by atoms with Crippen LogP contribution < -0.4 is 0 Å². The van der Waals surface area contributed by atoms with E-state index in [1.165, 1.54) is 0 Å². The quantitative estimate of drug-likeness (QED) is 0.0443. The highest BCUT2D eigenvalue weighted by molar-refractivity contribution is 5.19. The molecule has 13 nitrogen and oxygen atoms in total. The van der Waals surface area contributed by atoms with E-state index in [9.17, 15) is 0 Å². The predicted octanol–water partition coefficient (Wildman–Crippen LogP) is 10.6. The van der Waals surface area contributed by atoms with Gasteiger partial charge in [-0.25, -0.2) is 0 Å². The fraction of sp³-hybridized carbons (Fsp3) is 0.354. The minimum atomic E-state index is -1.03. The number of ether oxygens (including phenoxy) is 13. The Labute approximate surface area is 458 Å². The van der Waals surface area contributed by atoms with E-state index in [-0.39, 0.29) is 33.0 Å². The minimum absolute atomic E-state index is 0.0102. The molecule has 3 heterocycles. The zero-order chi connectivity index (χ0) is 53.0. The van der Waals surface area contributed by atoms with Gasteiger partial charge in [0.1, 0.15) is 54.9 Å². The Morgan fingerprint density at radius 3 is 0.885 bits per heavy atom. The average Bonchev–Trinajstić information content (AvgIpc) is 4.22. The second-order valence-corrected chi connectivity index (χ2v) is 19.6. The van der Waals surface area contributed by atoms with Crippen molar-refractivity contribution in [3.8, 4) is 0 Å². The van der Waals surface area contributed by atoms with Crippen molar-refractivity contribution in [2.45, 2.75) is 120 Å². The molecule has 0 spiro atoms. The first-order valence-electron chi connectivity index (χ1n) is 26.9. The Kier molecular flexibility index (Phi) is 20.8. The van der Waals surface area contributed by atoms with Gasteiger partial charge in [-0.2, -0.15) is 0 Å². The molecule has 3 fully saturated rings. The van der Waals surface area contributed by atoms with Crippen molar-refractivity contribution < 1.29 is 61.6 Å². The van der Waals surface area contributed by atoms with Crippen LogP contribution in [0.3, 0.4) is 0 Å². The van der Waals surface area contributed by atoms with Crippen molar-refractivity contribution in [1.82, 2.24) is 0 Å². The van der Waals surface area contributed by atoms with Gasteiger partial charge in [0.2, 0.25) is 0 Å². The van der Waals surface area contributed by atoms with Gasteiger partial charge in [-0.1, -0.05) is 212 Å². The standard InChI is InChI=1S/C65H70O13/c1-66-63-60(72-42-52-33-19-7-20-34-52)58(70-40-50-29-15-5-16-30-50)56(75-63)46-74-64-62(59(71-41-51-31-17-6-18-32-51)55(76-64)45-68-38-48-25-11-3-12-26-48)78-65-61(73-43-53-35-21-8-22-36-53)57(69-39-49-27-13-4-14-28-49)54(77-65)44-67-37-47-23-9-2-10-24-47/h2-36,54-65H,37-46H2,1H3/t54-,55-,56-,57-,58-,59-,60+,61+,62+,63+,64+,65+/m1/s1. The first-order chi connectivity index (χ1) is 38.6. The van der Waals surface area contributed by atoms with Crippen LogP contribution in [0.1, 0.15) is 38.9 Å². The lowest BCUT2D eigenvalue weighted by Crippen LogP contribution is -2.46. The van der Waals surface area contributed by atoms with Crippen molar-refractivity contribution in [1.29, 1.82) is 0 Å². The third-order valence-corrected chi connectivity index (χ3v) is 14.0. The number of rotatable bonds is 29. The van der Waals surface area contributed by atoms with E-state index in [0.29, 0.717) is 33.0 Å². The molecule has 3 saturated heterocycles. The largest absolute Gasteiger partial charge is 0.374 e. The van der Waals surface area contributed by atoms with Gasteiger partial charge >= 0.3 is 0 Å². The van der Waals surface area contributed by atoms with E-state index < -0.39 is 73.8 Å². The molecule has 13 heteroatoms. The van der Waals surface area contributed by atoms with Crippen LogP contribution in [0, 0.1) is 0 Å². The first kappa shape index (κ1) is 55.3. The Morgan fingerprint density at radius 1 is 0.269 bits per heavy atom. The molecule has 7 aromatic carbocycles. The Balaban J connectivity index is 0.957. The van der Waals surface area contributed by atoms with Crippen LogP contribution in [0.2, 0.25) is 0 Å². The van der Waals surface area contributed by atoms with Gasteiger partial charge < -0.3 is 61.6 Å². The van der Waals surface area contributed by atoms with Gasteiger partial charge in [0, 0.05) is 7.11 Å². The minimum Gasteiger partial charge on any atom is -0.374 e. The lowest BCUT2D eigenvalue weighted by molar-refractivity contribution is -0.261. The molecule has 0 bridgehead atoms. The molecule has 0 aliphatic carbocycles. The zero-order valence-corrected chi connectivity index (χ0v) is 44.0. The van der Waals surface area contributed by atoms with Gasteiger partial charge in [0.15, 0.2) is 18.9 Å². The van der Waals surface area contributed by atoms with Gasteiger partial charge in [-0.15, -0.1) is 0 Å². The summed E-state index contributed by atoms with van der Waals surface area (Å²) in [6.07, 6.45) is -8.95. The third kappa shape index (κ3) is 15.6. The van der Waals surface area contributed by atoms with Crippen LogP contribution >= 0.6 is 0 Å². The fourth-order valence-electron chi connectivity index (χ4n) is 9.92. The second-order valence-electron chi connectivity index (χ2n) is 19.6. The Hall–Kier alpha value is -5.98. The second kappa shape index (κ2) is 29.3. The summed E-state index contributed by atoms with van der Waals surface area (Å²) in [6.45, 7) is 2.55. The van der Waals surface area contributed by atoms with Crippen LogP contribution in [0.15, 0.2) is 212 Å². The summed E-state index contributed by atoms with van der Waals surface area (Å²) < 4.78 is 87.8. The highest BCUT2D eigenvalue weighted by Gasteiger charge is 2.55. The van der Waals surface area contributed by atoms with E-state index in [4.69, 9.17) is 61.6 Å². The van der Waals surface area contributed by atoms with E-state index in [0.717, 1.165) is 38.9 Å². The molecule has 3 aliphatic rings. The summed E-state index contributed by atoms with van der Waals surface area (Å²) in [7, 11) is 1.61. The molecule has 78 heavy (non-hydrogen) atoms. The van der Waals surface area contributed by atoms with E-state index in [1.807, 2.05) is 212 Å². The molecule has 7 aromatic rings. The maximum atomic E-state index is 7.32. The van der Waals surface area contributed by atoms with Crippen LogP contribution in [0.25, 0.3) is 0 Å². The lowest BCUT2D eigenvalue weighted by atomic mass is 10.1. The van der Waals surface area contributed by atoms with Gasteiger partial charge in [0.05, 0.1) is 66.1 Å². The van der Waals surface area contributed by atoms with Crippen molar-refractivity contribution in [3.63, 3.8) is 0 Å². The van der Waals surface area contributed by atoms with E-state index in [2.05, 4.69) is 0 Å². The van der Waals surface area contributed by atoms with Gasteiger partial charge in [0.25, 0.3) is 0 Å². The van der Waals surface area contributed by atoms with Gasteiger partial charge in [-0.3, -0.25) is 0 Å². The monoisotopic (exact) mass is 1060 g/mol. The Morgan fingerprint density at radius 2 is 0.538 bits per heavy atom. The molecule has 0 unspecified atom stereocenters. The molecule has 0 amide bonds. The normalized spacial score (nSPS) is 25.9. The van der Waals surface area contributed by atoms with Crippen molar-refractivity contribution in [2.75, 3.05) is 26.9 Å². The van der Waals surface area contributed by atoms with Crippen LogP contribution in [-0.2, 0) is 108 Å². The zero-order valence-electron chi connectivity index (χ0n) is 44.0. The highest BCUT2D eigenvalue weighted by Crippen LogP contribution is 2.37. The van der Waals surface area contributed by atoms with Crippen LogP contribution in [0.4, 0.5) is 0 Å². The summed E-state index contributed by atoms with van der Waals surface area (Å²) in [4.78, 5) is 0. The lowest BCUT2D eigenvalue weighted by Gasteiger charge is -2.30. The third-order valence-electron chi connectivity index (χ3n) is 14.0. The van der Waals surface area contributed by atoms with Gasteiger partial charge in [-0.05, 0) is 38.9 Å². The smallest absolute Gasteiger partial charge is 0.187 e. The predicted molar refractivity (Wildman–Crippen MR) is 291 cm³/mol. The molecule has 0 radical (unpaired) electrons. The van der Waals surface area contributed by atoms with E-state index >= 15 is 0 Å². The van der Waals surface area contributed by atoms with Crippen LogP contribution in [0.5, 0.6) is 0 Å². The summed E-state index contributed by atoms with van der Waals surface area (Å²) in [5.74, 6) is 0. The van der Waals surface area contributed by atoms with E-state index in [1.54, 1.807) is 7.11 Å². The average molecular weight is 1060 g/mol. The van der Waals surface area contributed by atoms with Crippen molar-refractivity contribution >= 4 is 0 Å². The molecule has 0 N–H and O–H groups in total. The number of hydrogen-bond donors (Lipinski definition) is 0. The summed E-state index contributed by atoms with van der Waals surface area (Å²) in [6, 6.07) is 70.2. The molecule has 408 valence electrons. The molecule has 3 aliphatic heterocycles. The number of benzene rings is 7. The molecule has 12 atom stereocenters. The highest BCUT2D eigenvalue weighted by atomic mass is 16.8. The molecule has 0 saturated carbocycles. The fourth-order valence-corrected chi connectivity index (χ4v) is 9.92. The molecule has 0 aromatic heterocycles. The molecular formula is C65H70O13. The first-order valence-corrected chi connectivity index (χ1v) is 26.9. The van der Waals surface area contributed by atoms with Crippen molar-refractivity contribution in [3.05, 3.63) is 251 Å². The number of hydrogen-bond acceptors (Lipinski definition) is 13. The Bertz CT molecular complexity index is 2730. The molecule has 10 rings (SSSR count). The topological polar surface area (TPSA) is 120 Å². The number of methoxy groups -OCH3 is 1. The SMILES string of the molecule is CO[C@H]1O[C@H](CO[C@H]2O[C@H](COCc3ccccc3)[C@@H](OCc3ccccc3)[C@@H]2O[C@@H]2O[C@H](COCc3ccccc3)[C@@H](OCc3ccccc3)[C@@H]2OCc2ccccc2)[C@@H](OCc2ccccc2)[C@@H]1OCc1ccccc1. The maximum Gasteiger partial charge on any atom is 0.187 e. The van der Waals surface area contributed by atoms with Crippen molar-refractivity contribution in [2.24, 2.45) is 0 Å². The van der Waals surface area contributed by atoms with Crippen LogP contribution in [-0.4, -0.2) is 101 Å².